The highest BCUT2D eigenvalue weighted by atomic mass is 16.7. The Hall–Kier alpha value is -3.33. The van der Waals surface area contributed by atoms with Crippen molar-refractivity contribution in [1.82, 2.24) is 14.5 Å². The zero-order valence-corrected chi connectivity index (χ0v) is 17.9. The molecule has 2 aliphatic rings. The van der Waals surface area contributed by atoms with E-state index in [-0.39, 0.29) is 31.2 Å². The van der Waals surface area contributed by atoms with E-state index in [1.807, 2.05) is 48.1 Å². The van der Waals surface area contributed by atoms with Crippen LogP contribution in [0.4, 0.5) is 0 Å². The van der Waals surface area contributed by atoms with E-state index < -0.39 is 0 Å². The molecule has 1 atom stereocenters. The van der Waals surface area contributed by atoms with Crippen LogP contribution in [-0.2, 0) is 21.4 Å². The van der Waals surface area contributed by atoms with E-state index in [1.165, 1.54) is 16.8 Å². The smallest absolute Gasteiger partial charge is 0.262 e. The molecule has 0 saturated carbocycles. The summed E-state index contributed by atoms with van der Waals surface area (Å²) in [5, 5.41) is 6.16. The van der Waals surface area contributed by atoms with Crippen molar-refractivity contribution in [2.75, 3.05) is 33.6 Å². The number of nitrogens with zero attached hydrogens (tertiary/aromatic N) is 4. The van der Waals surface area contributed by atoms with Gasteiger partial charge in [-0.25, -0.2) is 5.01 Å². The average molecular weight is 426 g/mol. The van der Waals surface area contributed by atoms with Gasteiger partial charge >= 0.3 is 0 Å². The minimum atomic E-state index is -0.303. The minimum Gasteiger partial charge on any atom is -0.454 e. The quantitative estimate of drug-likeness (QED) is 0.675. The highest BCUT2D eigenvalue weighted by Crippen LogP contribution is 2.39. The summed E-state index contributed by atoms with van der Waals surface area (Å²) < 4.78 is 18.0. The fourth-order valence-electron chi connectivity index (χ4n) is 3.82. The Morgan fingerprint density at radius 1 is 1.26 bits per heavy atom. The highest BCUT2D eigenvalue weighted by Gasteiger charge is 2.35. The van der Waals surface area contributed by atoms with Crippen LogP contribution in [0.1, 0.15) is 30.6 Å². The summed E-state index contributed by atoms with van der Waals surface area (Å²) in [6, 6.07) is 9.29. The third-order valence-corrected chi connectivity index (χ3v) is 5.52. The number of fused-ring (bicyclic) bond motifs is 1. The largest absolute Gasteiger partial charge is 0.454 e. The van der Waals surface area contributed by atoms with Gasteiger partial charge in [-0.15, -0.1) is 0 Å². The van der Waals surface area contributed by atoms with Crippen LogP contribution < -0.4 is 9.47 Å². The Kier molecular flexibility index (Phi) is 5.94. The Labute approximate surface area is 180 Å². The van der Waals surface area contributed by atoms with Crippen LogP contribution in [0.2, 0.25) is 0 Å². The predicted molar refractivity (Wildman–Crippen MR) is 113 cm³/mol. The lowest BCUT2D eigenvalue weighted by Gasteiger charge is -2.26. The number of carbonyl (C=O) groups excluding carboxylic acids is 2. The average Bonchev–Trinajstić information content (AvgIpc) is 3.48. The van der Waals surface area contributed by atoms with E-state index in [1.54, 1.807) is 7.11 Å². The standard InChI is InChI=1S/C22H26N4O5/c1-15(27)25(9-10-29-3)13-22(28)26-19(12-17(23-26)18-5-4-8-24(18)2)16-6-7-20-21(11-16)31-14-30-20/h4-8,11,19H,9-10,12-14H2,1-3H3/t19-/m0/s1. The second-order valence-electron chi connectivity index (χ2n) is 7.56. The lowest BCUT2D eigenvalue weighted by molar-refractivity contribution is -0.141. The Balaban J connectivity index is 1.63. The fraction of sp³-hybridized carbons (Fsp3) is 0.409. The number of amides is 2. The van der Waals surface area contributed by atoms with Gasteiger partial charge in [0.05, 0.1) is 24.1 Å². The number of hydrogen-bond donors (Lipinski definition) is 0. The third kappa shape index (κ3) is 4.27. The Morgan fingerprint density at radius 2 is 2.06 bits per heavy atom. The zero-order valence-electron chi connectivity index (χ0n) is 17.9. The number of methoxy groups -OCH3 is 1. The van der Waals surface area contributed by atoms with Crippen LogP contribution in [0.3, 0.4) is 0 Å². The Morgan fingerprint density at radius 3 is 2.77 bits per heavy atom. The summed E-state index contributed by atoms with van der Waals surface area (Å²) in [7, 11) is 3.51. The first-order valence-electron chi connectivity index (χ1n) is 10.1. The zero-order chi connectivity index (χ0) is 22.0. The van der Waals surface area contributed by atoms with Crippen LogP contribution in [-0.4, -0.2) is 65.6 Å². The van der Waals surface area contributed by atoms with Crippen molar-refractivity contribution >= 4 is 17.5 Å². The van der Waals surface area contributed by atoms with E-state index in [0.717, 1.165) is 17.0 Å². The number of aromatic nitrogens is 1. The lowest BCUT2D eigenvalue weighted by Crippen LogP contribution is -2.41. The molecule has 0 N–H and O–H groups in total. The third-order valence-electron chi connectivity index (χ3n) is 5.52. The molecule has 2 aromatic rings. The summed E-state index contributed by atoms with van der Waals surface area (Å²) in [4.78, 5) is 26.7. The van der Waals surface area contributed by atoms with Crippen LogP contribution in [0, 0.1) is 0 Å². The fourth-order valence-corrected chi connectivity index (χ4v) is 3.82. The molecule has 1 aromatic carbocycles. The van der Waals surface area contributed by atoms with Crippen molar-refractivity contribution in [2.24, 2.45) is 12.1 Å². The first kappa shape index (κ1) is 20.9. The van der Waals surface area contributed by atoms with E-state index in [0.29, 0.717) is 31.1 Å². The number of benzene rings is 1. The van der Waals surface area contributed by atoms with Crippen LogP contribution >= 0.6 is 0 Å². The van der Waals surface area contributed by atoms with Crippen molar-refractivity contribution in [3.63, 3.8) is 0 Å². The highest BCUT2D eigenvalue weighted by molar-refractivity contribution is 6.02. The van der Waals surface area contributed by atoms with Crippen molar-refractivity contribution in [2.45, 2.75) is 19.4 Å². The molecule has 2 amide bonds. The molecule has 9 heteroatoms. The lowest BCUT2D eigenvalue weighted by atomic mass is 10.00. The van der Waals surface area contributed by atoms with Crippen molar-refractivity contribution in [3.05, 3.63) is 47.8 Å². The van der Waals surface area contributed by atoms with Crippen molar-refractivity contribution < 1.29 is 23.8 Å². The summed E-state index contributed by atoms with van der Waals surface area (Å²) in [5.74, 6) is 0.905. The van der Waals surface area contributed by atoms with E-state index in [2.05, 4.69) is 5.10 Å². The maximum Gasteiger partial charge on any atom is 0.262 e. The Bertz CT molecular complexity index is 1020. The van der Waals surface area contributed by atoms with E-state index in [9.17, 15) is 9.59 Å². The summed E-state index contributed by atoms with van der Waals surface area (Å²) >= 11 is 0. The van der Waals surface area contributed by atoms with Crippen LogP contribution in [0.25, 0.3) is 0 Å². The van der Waals surface area contributed by atoms with E-state index in [4.69, 9.17) is 14.2 Å². The second kappa shape index (κ2) is 8.81. The molecular formula is C22H26N4O5. The first-order chi connectivity index (χ1) is 15.0. The van der Waals surface area contributed by atoms with Crippen molar-refractivity contribution in [3.8, 4) is 11.5 Å². The van der Waals surface area contributed by atoms with Gasteiger partial charge in [-0.2, -0.15) is 5.10 Å². The summed E-state index contributed by atoms with van der Waals surface area (Å²) in [5.41, 5.74) is 2.66. The monoisotopic (exact) mass is 426 g/mol. The molecule has 31 heavy (non-hydrogen) atoms. The van der Waals surface area contributed by atoms with Gasteiger partial charge < -0.3 is 23.7 Å². The number of hydrazone groups is 1. The van der Waals surface area contributed by atoms with Gasteiger partial charge in [-0.05, 0) is 29.8 Å². The summed E-state index contributed by atoms with van der Waals surface area (Å²) in [6.07, 6.45) is 2.50. The topological polar surface area (TPSA) is 85.6 Å². The molecule has 0 bridgehead atoms. The molecule has 1 aromatic heterocycles. The van der Waals surface area contributed by atoms with Gasteiger partial charge in [-0.3, -0.25) is 9.59 Å². The molecule has 0 spiro atoms. The van der Waals surface area contributed by atoms with Gasteiger partial charge in [0.15, 0.2) is 11.5 Å². The molecule has 0 fully saturated rings. The van der Waals surface area contributed by atoms with Gasteiger partial charge in [0.1, 0.15) is 6.54 Å². The molecule has 3 heterocycles. The maximum atomic E-state index is 13.3. The first-order valence-corrected chi connectivity index (χ1v) is 10.1. The van der Waals surface area contributed by atoms with Crippen molar-refractivity contribution in [1.29, 1.82) is 0 Å². The number of carbonyl (C=O) groups is 2. The molecule has 0 aliphatic carbocycles. The van der Waals surface area contributed by atoms with E-state index >= 15 is 0 Å². The maximum absolute atomic E-state index is 13.3. The van der Waals surface area contributed by atoms with Crippen LogP contribution in [0.15, 0.2) is 41.6 Å². The second-order valence-corrected chi connectivity index (χ2v) is 7.56. The van der Waals surface area contributed by atoms with Gasteiger partial charge in [0, 0.05) is 40.2 Å². The molecule has 0 radical (unpaired) electrons. The van der Waals surface area contributed by atoms with Gasteiger partial charge in [0.25, 0.3) is 5.91 Å². The molecule has 4 rings (SSSR count). The predicted octanol–water partition coefficient (Wildman–Crippen LogP) is 1.93. The molecule has 164 valence electrons. The molecule has 0 unspecified atom stereocenters. The number of aryl methyl sites for hydroxylation is 1. The number of ether oxygens (including phenoxy) is 3. The molecular weight excluding hydrogens is 400 g/mol. The minimum absolute atomic E-state index is 0.0658. The SMILES string of the molecule is COCCN(CC(=O)N1N=C(c2cccn2C)C[C@H]1c1ccc2c(c1)OCO2)C(C)=O. The normalized spacial score (nSPS) is 17.1. The number of hydrogen-bond acceptors (Lipinski definition) is 6. The summed E-state index contributed by atoms with van der Waals surface area (Å²) in [6.45, 7) is 2.26. The molecule has 2 aliphatic heterocycles. The number of rotatable bonds is 7. The molecule has 0 saturated heterocycles. The van der Waals surface area contributed by atoms with Gasteiger partial charge in [0.2, 0.25) is 12.7 Å². The van der Waals surface area contributed by atoms with Crippen LogP contribution in [0.5, 0.6) is 11.5 Å². The van der Waals surface area contributed by atoms with Gasteiger partial charge in [-0.1, -0.05) is 6.07 Å². The molecule has 9 nitrogen and oxygen atoms in total.